The largest absolute Gasteiger partial charge is 0.333 e. The number of likely N-dealkylation sites (tertiary alicyclic amines) is 1. The predicted octanol–water partition coefficient (Wildman–Crippen LogP) is 3.00. The summed E-state index contributed by atoms with van der Waals surface area (Å²) in [6.07, 6.45) is 3.18. The van der Waals surface area contributed by atoms with Crippen molar-refractivity contribution < 1.29 is 9.72 Å². The zero-order chi connectivity index (χ0) is 14.0. The zero-order valence-corrected chi connectivity index (χ0v) is 11.2. The van der Waals surface area contributed by atoms with Gasteiger partial charge < -0.3 is 4.90 Å². The molecule has 2 rings (SSSR count). The molecule has 0 spiro atoms. The van der Waals surface area contributed by atoms with Crippen molar-refractivity contribution in [3.8, 4) is 0 Å². The molecule has 0 saturated carbocycles. The molecular formula is C14H18N2O3. The fourth-order valence-corrected chi connectivity index (χ4v) is 2.70. The second-order valence-electron chi connectivity index (χ2n) is 5.15. The Labute approximate surface area is 112 Å². The van der Waals surface area contributed by atoms with Crippen molar-refractivity contribution in [3.05, 3.63) is 39.9 Å². The van der Waals surface area contributed by atoms with Crippen molar-refractivity contribution in [2.24, 2.45) is 0 Å². The molecule has 1 saturated heterocycles. The maximum Gasteiger partial charge on any atom is 0.269 e. The summed E-state index contributed by atoms with van der Waals surface area (Å²) in [5.74, 6) is -0.0328. The van der Waals surface area contributed by atoms with Gasteiger partial charge in [-0.05, 0) is 45.2 Å². The van der Waals surface area contributed by atoms with Crippen LogP contribution in [0.4, 0.5) is 5.69 Å². The van der Waals surface area contributed by atoms with Gasteiger partial charge in [-0.2, -0.15) is 0 Å². The Morgan fingerprint density at radius 3 is 2.21 bits per heavy atom. The van der Waals surface area contributed by atoms with Gasteiger partial charge in [0.15, 0.2) is 0 Å². The van der Waals surface area contributed by atoms with Crippen LogP contribution in [0.25, 0.3) is 0 Å². The minimum atomic E-state index is -0.458. The summed E-state index contributed by atoms with van der Waals surface area (Å²) in [5, 5.41) is 10.6. The Kier molecular flexibility index (Phi) is 3.83. The van der Waals surface area contributed by atoms with Crippen molar-refractivity contribution in [3.63, 3.8) is 0 Å². The minimum Gasteiger partial charge on any atom is -0.333 e. The fraction of sp³-hybridized carbons (Fsp3) is 0.500. The second-order valence-corrected chi connectivity index (χ2v) is 5.15. The summed E-state index contributed by atoms with van der Waals surface area (Å²) in [4.78, 5) is 24.5. The Morgan fingerprint density at radius 2 is 1.74 bits per heavy atom. The molecule has 1 aliphatic heterocycles. The first-order valence-electron chi connectivity index (χ1n) is 6.58. The van der Waals surface area contributed by atoms with E-state index in [1.807, 2.05) is 4.90 Å². The average molecular weight is 262 g/mol. The van der Waals surface area contributed by atoms with Crippen molar-refractivity contribution in [1.29, 1.82) is 0 Å². The second kappa shape index (κ2) is 5.38. The molecule has 0 unspecified atom stereocenters. The molecule has 1 aliphatic rings. The van der Waals surface area contributed by atoms with Crippen molar-refractivity contribution >= 4 is 11.6 Å². The molecule has 102 valence electrons. The van der Waals surface area contributed by atoms with Crippen LogP contribution in [-0.4, -0.2) is 27.8 Å². The molecule has 0 bridgehead atoms. The molecule has 1 aromatic carbocycles. The molecule has 1 heterocycles. The third kappa shape index (κ3) is 2.75. The summed E-state index contributed by atoms with van der Waals surface area (Å²) in [6.45, 7) is 4.11. The van der Waals surface area contributed by atoms with Crippen LogP contribution in [0.3, 0.4) is 0 Å². The number of piperidine rings is 1. The Morgan fingerprint density at radius 1 is 1.21 bits per heavy atom. The molecule has 2 atom stereocenters. The quantitative estimate of drug-likeness (QED) is 0.608. The van der Waals surface area contributed by atoms with Gasteiger partial charge in [0.1, 0.15) is 0 Å². The highest BCUT2D eigenvalue weighted by atomic mass is 16.6. The van der Waals surface area contributed by atoms with Gasteiger partial charge in [-0.15, -0.1) is 0 Å². The van der Waals surface area contributed by atoms with Gasteiger partial charge in [-0.1, -0.05) is 0 Å². The lowest BCUT2D eigenvalue weighted by atomic mass is 9.96. The molecular weight excluding hydrogens is 244 g/mol. The first-order valence-corrected chi connectivity index (χ1v) is 6.58. The highest BCUT2D eigenvalue weighted by Gasteiger charge is 2.29. The van der Waals surface area contributed by atoms with Crippen LogP contribution < -0.4 is 0 Å². The van der Waals surface area contributed by atoms with E-state index in [0.29, 0.717) is 5.56 Å². The molecule has 1 amide bonds. The minimum absolute atomic E-state index is 0.0105. The summed E-state index contributed by atoms with van der Waals surface area (Å²) >= 11 is 0. The van der Waals surface area contributed by atoms with E-state index in [1.54, 1.807) is 0 Å². The molecule has 0 aliphatic carbocycles. The van der Waals surface area contributed by atoms with Gasteiger partial charge in [0, 0.05) is 29.8 Å². The van der Waals surface area contributed by atoms with E-state index in [4.69, 9.17) is 0 Å². The normalized spacial score (nSPS) is 23.2. The number of rotatable bonds is 2. The number of benzene rings is 1. The van der Waals surface area contributed by atoms with Gasteiger partial charge in [-0.3, -0.25) is 14.9 Å². The summed E-state index contributed by atoms with van der Waals surface area (Å²) < 4.78 is 0. The van der Waals surface area contributed by atoms with E-state index in [1.165, 1.54) is 24.3 Å². The van der Waals surface area contributed by atoms with E-state index in [9.17, 15) is 14.9 Å². The third-order valence-corrected chi connectivity index (χ3v) is 3.75. The lowest BCUT2D eigenvalue weighted by Crippen LogP contribution is -2.47. The van der Waals surface area contributed by atoms with Gasteiger partial charge >= 0.3 is 0 Å². The van der Waals surface area contributed by atoms with Crippen LogP contribution in [-0.2, 0) is 0 Å². The first-order chi connectivity index (χ1) is 9.00. The van der Waals surface area contributed by atoms with Crippen LogP contribution in [0.1, 0.15) is 43.5 Å². The number of non-ortho nitro benzene ring substituents is 1. The molecule has 19 heavy (non-hydrogen) atoms. The highest BCUT2D eigenvalue weighted by Crippen LogP contribution is 2.25. The number of carbonyl (C=O) groups excluding carboxylic acids is 1. The molecule has 0 aromatic heterocycles. The number of nitrogens with zero attached hydrogens (tertiary/aromatic N) is 2. The van der Waals surface area contributed by atoms with Gasteiger partial charge in [0.05, 0.1) is 4.92 Å². The summed E-state index contributed by atoms with van der Waals surface area (Å²) in [6, 6.07) is 6.29. The number of carbonyl (C=O) groups is 1. The van der Waals surface area contributed by atoms with E-state index in [2.05, 4.69) is 13.8 Å². The Hall–Kier alpha value is -1.91. The standard InChI is InChI=1S/C14H18N2O3/c1-10-4-3-5-11(2)15(10)14(17)12-6-8-13(9-7-12)16(18)19/h6-11H,3-5H2,1-2H3/t10-,11-/m1/s1. The lowest BCUT2D eigenvalue weighted by molar-refractivity contribution is -0.384. The smallest absolute Gasteiger partial charge is 0.269 e. The van der Waals surface area contributed by atoms with Crippen LogP contribution in [0, 0.1) is 10.1 Å². The van der Waals surface area contributed by atoms with Crippen LogP contribution in [0.5, 0.6) is 0 Å². The average Bonchev–Trinajstić information content (AvgIpc) is 2.38. The summed E-state index contributed by atoms with van der Waals surface area (Å²) in [5.41, 5.74) is 0.530. The number of hydrogen-bond acceptors (Lipinski definition) is 3. The van der Waals surface area contributed by atoms with E-state index >= 15 is 0 Å². The molecule has 0 N–H and O–H groups in total. The SMILES string of the molecule is C[C@@H]1CCC[C@@H](C)N1C(=O)c1ccc([N+](=O)[O-])cc1. The van der Waals surface area contributed by atoms with Gasteiger partial charge in [0.25, 0.3) is 11.6 Å². The highest BCUT2D eigenvalue weighted by molar-refractivity contribution is 5.94. The Bertz CT molecular complexity index is 474. The zero-order valence-electron chi connectivity index (χ0n) is 11.2. The molecule has 1 fully saturated rings. The topological polar surface area (TPSA) is 63.5 Å². The van der Waals surface area contributed by atoms with E-state index < -0.39 is 4.92 Å². The van der Waals surface area contributed by atoms with Crippen molar-refractivity contribution in [2.75, 3.05) is 0 Å². The maximum atomic E-state index is 12.5. The predicted molar refractivity (Wildman–Crippen MR) is 72.0 cm³/mol. The third-order valence-electron chi connectivity index (χ3n) is 3.75. The van der Waals surface area contributed by atoms with Crippen molar-refractivity contribution in [1.82, 2.24) is 4.90 Å². The monoisotopic (exact) mass is 262 g/mol. The molecule has 0 radical (unpaired) electrons. The number of amides is 1. The van der Waals surface area contributed by atoms with Crippen molar-refractivity contribution in [2.45, 2.75) is 45.2 Å². The molecule has 5 heteroatoms. The fourth-order valence-electron chi connectivity index (χ4n) is 2.70. The molecule has 5 nitrogen and oxygen atoms in total. The van der Waals surface area contributed by atoms with E-state index in [0.717, 1.165) is 19.3 Å². The summed E-state index contributed by atoms with van der Waals surface area (Å²) in [7, 11) is 0. The molecule has 1 aromatic rings. The Balaban J connectivity index is 2.20. The van der Waals surface area contributed by atoms with Crippen LogP contribution in [0.15, 0.2) is 24.3 Å². The van der Waals surface area contributed by atoms with Gasteiger partial charge in [-0.25, -0.2) is 0 Å². The first kappa shape index (κ1) is 13.5. The van der Waals surface area contributed by atoms with Crippen LogP contribution >= 0.6 is 0 Å². The number of hydrogen-bond donors (Lipinski definition) is 0. The maximum absolute atomic E-state index is 12.5. The van der Waals surface area contributed by atoms with E-state index in [-0.39, 0.29) is 23.7 Å². The number of nitro benzene ring substituents is 1. The lowest BCUT2D eigenvalue weighted by Gasteiger charge is -2.39. The van der Waals surface area contributed by atoms with Gasteiger partial charge in [0.2, 0.25) is 0 Å². The number of nitro groups is 1. The van der Waals surface area contributed by atoms with Crippen LogP contribution in [0.2, 0.25) is 0 Å².